The topological polar surface area (TPSA) is 144 Å². The van der Waals surface area contributed by atoms with E-state index in [-0.39, 0.29) is 23.4 Å². The lowest BCUT2D eigenvalue weighted by Crippen LogP contribution is -2.24. The molecule has 10 nitrogen and oxygen atoms in total. The first kappa shape index (κ1) is 28.8. The highest BCUT2D eigenvalue weighted by molar-refractivity contribution is 7.89. The molecule has 0 amide bonds. The van der Waals surface area contributed by atoms with Crippen LogP contribution in [0.25, 0.3) is 27.8 Å². The lowest BCUT2D eigenvalue weighted by molar-refractivity contribution is -0.137. The number of carboxylic acids is 1. The second-order valence-electron chi connectivity index (χ2n) is 9.79. The zero-order chi connectivity index (χ0) is 29.9. The van der Waals surface area contributed by atoms with E-state index in [4.69, 9.17) is 14.6 Å². The highest BCUT2D eigenvalue weighted by atomic mass is 32.2. The van der Waals surface area contributed by atoms with Gasteiger partial charge in [0.05, 0.1) is 28.0 Å². The summed E-state index contributed by atoms with van der Waals surface area (Å²) in [6.45, 7) is 1.75. The molecule has 12 heteroatoms. The number of hydrogen-bond donors (Lipinski definition) is 2. The molecule has 2 aromatic heterocycles. The first-order valence-electron chi connectivity index (χ1n) is 13.2. The molecule has 0 fully saturated rings. The molecule has 0 saturated carbocycles. The fraction of sp³-hybridized carbons (Fsp3) is 0.200. The lowest BCUT2D eigenvalue weighted by Gasteiger charge is -2.14. The van der Waals surface area contributed by atoms with Crippen LogP contribution in [-0.2, 0) is 27.8 Å². The number of rotatable bonds is 11. The van der Waals surface area contributed by atoms with Crippen LogP contribution in [-0.4, -0.2) is 34.2 Å². The molecule has 0 aliphatic carbocycles. The van der Waals surface area contributed by atoms with Gasteiger partial charge in [-0.3, -0.25) is 14.2 Å². The summed E-state index contributed by atoms with van der Waals surface area (Å²) >= 11 is 0. The van der Waals surface area contributed by atoms with Gasteiger partial charge in [-0.1, -0.05) is 28.9 Å². The fourth-order valence-corrected chi connectivity index (χ4v) is 5.47. The van der Waals surface area contributed by atoms with Crippen LogP contribution in [0.5, 0.6) is 0 Å². The van der Waals surface area contributed by atoms with Crippen molar-refractivity contribution < 1.29 is 27.2 Å². The highest BCUT2D eigenvalue weighted by Crippen LogP contribution is 2.24. The Hall–Kier alpha value is -4.68. The number of sulfonamides is 1. The molecule has 2 N–H and O–H groups in total. The van der Waals surface area contributed by atoms with Gasteiger partial charge in [-0.05, 0) is 68.3 Å². The first-order valence-corrected chi connectivity index (χ1v) is 14.6. The third kappa shape index (κ3) is 6.45. The van der Waals surface area contributed by atoms with E-state index in [0.29, 0.717) is 58.7 Å². The summed E-state index contributed by atoms with van der Waals surface area (Å²) in [4.78, 5) is 29.4. The van der Waals surface area contributed by atoms with Gasteiger partial charge in [-0.2, -0.15) is 0 Å². The number of aliphatic carboxylic acids is 1. The minimum atomic E-state index is -3.75. The minimum absolute atomic E-state index is 0.00577. The highest BCUT2D eigenvalue weighted by Gasteiger charge is 2.17. The number of fused-ring (bicyclic) bond motifs is 1. The van der Waals surface area contributed by atoms with Gasteiger partial charge in [-0.25, -0.2) is 22.5 Å². The zero-order valence-electron chi connectivity index (χ0n) is 22.6. The monoisotopic (exact) mass is 590 g/mol. The van der Waals surface area contributed by atoms with Crippen LogP contribution < -0.4 is 10.3 Å². The molecule has 0 atom stereocenters. The summed E-state index contributed by atoms with van der Waals surface area (Å²) in [5.74, 6) is -0.646. The van der Waals surface area contributed by atoms with Crippen molar-refractivity contribution in [3.8, 4) is 16.9 Å². The van der Waals surface area contributed by atoms with Crippen molar-refractivity contribution in [2.75, 3.05) is 0 Å². The molecule has 42 heavy (non-hydrogen) atoms. The Balaban J connectivity index is 1.43. The number of benzene rings is 3. The number of aryl methyl sites for hydroxylation is 2. The van der Waals surface area contributed by atoms with E-state index in [1.807, 2.05) is 6.92 Å². The van der Waals surface area contributed by atoms with Crippen molar-refractivity contribution in [3.63, 3.8) is 0 Å². The number of unbranched alkanes of at least 4 members (excludes halogenated alkanes) is 1. The second-order valence-corrected chi connectivity index (χ2v) is 11.6. The van der Waals surface area contributed by atoms with E-state index in [1.54, 1.807) is 36.4 Å². The third-order valence-electron chi connectivity index (χ3n) is 6.69. The Kier molecular flexibility index (Phi) is 8.27. The molecule has 0 saturated heterocycles. The molecular weight excluding hydrogens is 563 g/mol. The summed E-state index contributed by atoms with van der Waals surface area (Å²) in [6.07, 6.45) is 1.21. The normalized spacial score (nSPS) is 11.7. The van der Waals surface area contributed by atoms with Crippen molar-refractivity contribution in [1.82, 2.24) is 19.4 Å². The van der Waals surface area contributed by atoms with Crippen LogP contribution in [0.3, 0.4) is 0 Å². The number of hydrogen-bond acceptors (Lipinski definition) is 7. The Morgan fingerprint density at radius 3 is 2.48 bits per heavy atom. The van der Waals surface area contributed by atoms with Crippen molar-refractivity contribution in [2.45, 2.75) is 44.0 Å². The van der Waals surface area contributed by atoms with Gasteiger partial charge >= 0.3 is 5.97 Å². The maximum atomic E-state index is 13.6. The van der Waals surface area contributed by atoms with E-state index in [9.17, 15) is 22.4 Å². The molecule has 0 aliphatic rings. The molecule has 0 radical (unpaired) electrons. The van der Waals surface area contributed by atoms with Crippen molar-refractivity contribution in [3.05, 3.63) is 106 Å². The quantitative estimate of drug-likeness (QED) is 0.210. The second kappa shape index (κ2) is 12.0. The Bertz CT molecular complexity index is 1920. The Morgan fingerprint density at radius 1 is 1.02 bits per heavy atom. The number of aromatic nitrogens is 3. The summed E-state index contributed by atoms with van der Waals surface area (Å²) in [6, 6.07) is 18.6. The van der Waals surface area contributed by atoms with Crippen molar-refractivity contribution in [2.24, 2.45) is 0 Å². The van der Waals surface area contributed by atoms with Gasteiger partial charge in [0.25, 0.3) is 5.56 Å². The van der Waals surface area contributed by atoms with E-state index in [1.165, 1.54) is 41.0 Å². The van der Waals surface area contributed by atoms with Gasteiger partial charge in [-0.15, -0.1) is 0 Å². The minimum Gasteiger partial charge on any atom is -0.481 e. The van der Waals surface area contributed by atoms with Crippen molar-refractivity contribution in [1.29, 1.82) is 0 Å². The van der Waals surface area contributed by atoms with Gasteiger partial charge in [0.1, 0.15) is 17.3 Å². The Morgan fingerprint density at radius 2 is 1.76 bits per heavy atom. The van der Waals surface area contributed by atoms with E-state index < -0.39 is 21.8 Å². The summed E-state index contributed by atoms with van der Waals surface area (Å²) in [5, 5.41) is 13.4. The standard InChI is InChI=1S/C30H27FN4O6S/c1-19-6-13-24(14-7-19)42(39,40)32-18-23-17-26(34-41-23)20-8-15-25-27(16-20)33-28(4-2-3-5-29(36)37)35(30(25)38)22-11-9-21(31)10-12-22/h6-17,32H,2-5,18H2,1H3,(H,36,37). The molecule has 0 unspecified atom stereocenters. The van der Waals surface area contributed by atoms with Gasteiger partial charge in [0.15, 0.2) is 5.76 Å². The summed E-state index contributed by atoms with van der Waals surface area (Å²) < 4.78 is 48.1. The number of halogens is 1. The predicted octanol–water partition coefficient (Wildman–Crippen LogP) is 4.76. The van der Waals surface area contributed by atoms with Crippen LogP contribution in [0, 0.1) is 12.7 Å². The largest absolute Gasteiger partial charge is 0.481 e. The van der Waals surface area contributed by atoms with E-state index in [0.717, 1.165) is 5.56 Å². The zero-order valence-corrected chi connectivity index (χ0v) is 23.4. The SMILES string of the molecule is Cc1ccc(S(=O)(=O)NCc2cc(-c3ccc4c(=O)n(-c5ccc(F)cc5)c(CCCCC(=O)O)nc4c3)no2)cc1. The molecule has 5 aromatic rings. The van der Waals surface area contributed by atoms with Crippen LogP contribution in [0.1, 0.15) is 36.4 Å². The van der Waals surface area contributed by atoms with Crippen LogP contribution in [0.15, 0.2) is 87.0 Å². The smallest absolute Gasteiger partial charge is 0.303 e. The summed E-state index contributed by atoms with van der Waals surface area (Å²) in [5.41, 5.74) is 2.46. The van der Waals surface area contributed by atoms with Crippen LogP contribution >= 0.6 is 0 Å². The van der Waals surface area contributed by atoms with Gasteiger partial charge < -0.3 is 9.63 Å². The Labute approximate surface area is 240 Å². The average molecular weight is 591 g/mol. The van der Waals surface area contributed by atoms with Crippen LogP contribution in [0.4, 0.5) is 4.39 Å². The number of nitrogens with one attached hydrogen (secondary N) is 1. The lowest BCUT2D eigenvalue weighted by atomic mass is 10.1. The molecule has 0 spiro atoms. The molecule has 3 aromatic carbocycles. The number of carbonyl (C=O) groups is 1. The van der Waals surface area contributed by atoms with Crippen molar-refractivity contribution >= 4 is 26.9 Å². The molecule has 0 bridgehead atoms. The molecule has 0 aliphatic heterocycles. The maximum absolute atomic E-state index is 13.6. The number of carboxylic acid groups (broad SMARTS) is 1. The predicted molar refractivity (Wildman–Crippen MR) is 153 cm³/mol. The first-order chi connectivity index (χ1) is 20.1. The molecular formula is C30H27FN4O6S. The van der Waals surface area contributed by atoms with Gasteiger partial charge in [0, 0.05) is 24.5 Å². The molecule has 216 valence electrons. The molecule has 5 rings (SSSR count). The van der Waals surface area contributed by atoms with E-state index in [2.05, 4.69) is 9.88 Å². The number of nitrogens with zero attached hydrogens (tertiary/aromatic N) is 3. The third-order valence-corrected chi connectivity index (χ3v) is 8.10. The fourth-order valence-electron chi connectivity index (χ4n) is 4.47. The average Bonchev–Trinajstić information content (AvgIpc) is 3.44. The maximum Gasteiger partial charge on any atom is 0.303 e. The molecule has 2 heterocycles. The van der Waals surface area contributed by atoms with E-state index >= 15 is 0 Å². The summed E-state index contributed by atoms with van der Waals surface area (Å²) in [7, 11) is -3.75. The van der Waals surface area contributed by atoms with Crippen LogP contribution in [0.2, 0.25) is 0 Å². The van der Waals surface area contributed by atoms with Gasteiger partial charge in [0.2, 0.25) is 10.0 Å².